The highest BCUT2D eigenvalue weighted by molar-refractivity contribution is 7.89. The van der Waals surface area contributed by atoms with Gasteiger partial charge in [-0.05, 0) is 25.3 Å². The van der Waals surface area contributed by atoms with Gasteiger partial charge in [0.15, 0.2) is 0 Å². The summed E-state index contributed by atoms with van der Waals surface area (Å²) in [5.41, 5.74) is 1.35. The second-order valence-electron chi connectivity index (χ2n) is 5.79. The van der Waals surface area contributed by atoms with Crippen molar-refractivity contribution in [3.05, 3.63) is 17.5 Å². The van der Waals surface area contributed by atoms with Gasteiger partial charge in [-0.1, -0.05) is 13.8 Å². The molecule has 8 heteroatoms. The molecular weight excluding hydrogens is 304 g/mol. The van der Waals surface area contributed by atoms with Gasteiger partial charge in [0.1, 0.15) is 5.69 Å². The van der Waals surface area contributed by atoms with Gasteiger partial charge in [-0.3, -0.25) is 9.48 Å². The Hall–Kier alpha value is -1.41. The Labute approximate surface area is 132 Å². The minimum absolute atomic E-state index is 0.0771. The zero-order valence-corrected chi connectivity index (χ0v) is 14.8. The molecule has 0 saturated heterocycles. The lowest BCUT2D eigenvalue weighted by molar-refractivity contribution is 0.0945. The molecule has 1 aromatic rings. The number of sulfonamides is 1. The minimum atomic E-state index is -3.31. The number of carbonyl (C=O) groups is 1. The van der Waals surface area contributed by atoms with E-state index in [0.717, 1.165) is 16.4 Å². The molecule has 126 valence electrons. The van der Waals surface area contributed by atoms with Crippen LogP contribution in [0.2, 0.25) is 0 Å². The highest BCUT2D eigenvalue weighted by atomic mass is 32.2. The first kappa shape index (κ1) is 18.6. The number of amides is 1. The molecule has 1 N–H and O–H groups in total. The normalized spacial score (nSPS) is 12.1. The molecule has 0 aromatic carbocycles. The summed E-state index contributed by atoms with van der Waals surface area (Å²) in [4.78, 5) is 12.2. The van der Waals surface area contributed by atoms with E-state index in [0.29, 0.717) is 18.2 Å². The summed E-state index contributed by atoms with van der Waals surface area (Å²) in [7, 11) is -0.359. The monoisotopic (exact) mass is 330 g/mol. The third kappa shape index (κ3) is 5.10. The van der Waals surface area contributed by atoms with Crippen LogP contribution in [0.3, 0.4) is 0 Å². The Morgan fingerprint density at radius 3 is 2.55 bits per heavy atom. The Balaban J connectivity index is 2.71. The predicted octanol–water partition coefficient (Wildman–Crippen LogP) is 0.723. The molecule has 1 rings (SSSR count). The van der Waals surface area contributed by atoms with Crippen molar-refractivity contribution < 1.29 is 13.2 Å². The van der Waals surface area contributed by atoms with Crippen LogP contribution in [0.5, 0.6) is 0 Å². The van der Waals surface area contributed by atoms with Gasteiger partial charge >= 0.3 is 0 Å². The van der Waals surface area contributed by atoms with Gasteiger partial charge in [-0.2, -0.15) is 5.10 Å². The van der Waals surface area contributed by atoms with E-state index < -0.39 is 10.0 Å². The molecule has 0 bridgehead atoms. The second kappa shape index (κ2) is 7.73. The highest BCUT2D eigenvalue weighted by Gasteiger charge is 2.17. The maximum Gasteiger partial charge on any atom is 0.269 e. The third-order valence-corrected chi connectivity index (χ3v) is 5.01. The maximum atomic E-state index is 12.2. The average molecular weight is 330 g/mol. The van der Waals surface area contributed by atoms with E-state index >= 15 is 0 Å². The predicted molar refractivity (Wildman–Crippen MR) is 86.3 cm³/mol. The van der Waals surface area contributed by atoms with E-state index in [4.69, 9.17) is 0 Å². The number of rotatable bonds is 8. The fourth-order valence-corrected chi connectivity index (χ4v) is 2.70. The number of hydrogen-bond acceptors (Lipinski definition) is 4. The molecule has 1 amide bonds. The molecule has 0 fully saturated rings. The zero-order chi connectivity index (χ0) is 16.9. The number of nitrogens with zero attached hydrogens (tertiary/aromatic N) is 3. The SMILES string of the molecule is CCn1nc(CC(C)C)cc1C(=O)NCCS(=O)(=O)N(C)C. The van der Waals surface area contributed by atoms with Crippen molar-refractivity contribution in [2.24, 2.45) is 5.92 Å². The van der Waals surface area contributed by atoms with Crippen LogP contribution in [0.1, 0.15) is 37.0 Å². The molecule has 0 atom stereocenters. The number of aryl methyl sites for hydroxylation is 1. The molecule has 0 spiro atoms. The molecule has 0 aliphatic heterocycles. The van der Waals surface area contributed by atoms with Crippen molar-refractivity contribution in [1.82, 2.24) is 19.4 Å². The lowest BCUT2D eigenvalue weighted by Crippen LogP contribution is -2.34. The topological polar surface area (TPSA) is 84.3 Å². The molecule has 1 heterocycles. The number of aromatic nitrogens is 2. The molecular formula is C14H26N4O3S. The maximum absolute atomic E-state index is 12.2. The van der Waals surface area contributed by atoms with Gasteiger partial charge in [0.2, 0.25) is 10.0 Å². The van der Waals surface area contributed by atoms with Crippen LogP contribution in [0.4, 0.5) is 0 Å². The van der Waals surface area contributed by atoms with Gasteiger partial charge in [-0.15, -0.1) is 0 Å². The molecule has 0 aliphatic carbocycles. The zero-order valence-electron chi connectivity index (χ0n) is 14.0. The van der Waals surface area contributed by atoms with E-state index in [1.807, 2.05) is 6.92 Å². The smallest absolute Gasteiger partial charge is 0.269 e. The first-order valence-corrected chi connectivity index (χ1v) is 9.03. The Bertz CT molecular complexity index is 606. The first-order chi connectivity index (χ1) is 10.2. The Morgan fingerprint density at radius 1 is 1.41 bits per heavy atom. The highest BCUT2D eigenvalue weighted by Crippen LogP contribution is 2.10. The van der Waals surface area contributed by atoms with Crippen LogP contribution in [0.25, 0.3) is 0 Å². The van der Waals surface area contributed by atoms with Gasteiger partial charge in [-0.25, -0.2) is 12.7 Å². The molecule has 7 nitrogen and oxygen atoms in total. The second-order valence-corrected chi connectivity index (χ2v) is 8.09. The van der Waals surface area contributed by atoms with Crippen molar-refractivity contribution in [3.8, 4) is 0 Å². The lowest BCUT2D eigenvalue weighted by Gasteiger charge is -2.11. The average Bonchev–Trinajstić information content (AvgIpc) is 2.80. The summed E-state index contributed by atoms with van der Waals surface area (Å²) in [5, 5.41) is 7.05. The van der Waals surface area contributed by atoms with Crippen molar-refractivity contribution in [2.45, 2.75) is 33.7 Å². The number of hydrogen-bond donors (Lipinski definition) is 1. The molecule has 0 unspecified atom stereocenters. The van der Waals surface area contributed by atoms with Crippen molar-refractivity contribution >= 4 is 15.9 Å². The van der Waals surface area contributed by atoms with Crippen LogP contribution >= 0.6 is 0 Å². The summed E-state index contributed by atoms with van der Waals surface area (Å²) in [6.45, 7) is 6.78. The molecule has 0 radical (unpaired) electrons. The van der Waals surface area contributed by atoms with E-state index in [9.17, 15) is 13.2 Å². The summed E-state index contributed by atoms with van der Waals surface area (Å²) in [6, 6.07) is 1.78. The van der Waals surface area contributed by atoms with E-state index in [2.05, 4.69) is 24.3 Å². The minimum Gasteiger partial charge on any atom is -0.350 e. The van der Waals surface area contributed by atoms with Crippen molar-refractivity contribution in [2.75, 3.05) is 26.4 Å². The lowest BCUT2D eigenvalue weighted by atomic mass is 10.1. The fraction of sp³-hybridized carbons (Fsp3) is 0.714. The van der Waals surface area contributed by atoms with Crippen molar-refractivity contribution in [1.29, 1.82) is 0 Å². The van der Waals surface area contributed by atoms with Gasteiger partial charge < -0.3 is 5.32 Å². The van der Waals surface area contributed by atoms with Gasteiger partial charge in [0.25, 0.3) is 5.91 Å². The largest absolute Gasteiger partial charge is 0.350 e. The summed E-state index contributed by atoms with van der Waals surface area (Å²) >= 11 is 0. The van der Waals surface area contributed by atoms with Crippen LogP contribution in [-0.4, -0.2) is 54.8 Å². The van der Waals surface area contributed by atoms with E-state index in [1.54, 1.807) is 10.7 Å². The molecule has 1 aromatic heterocycles. The fourth-order valence-electron chi connectivity index (χ4n) is 1.98. The van der Waals surface area contributed by atoms with Gasteiger partial charge in [0, 0.05) is 27.2 Å². The summed E-state index contributed by atoms with van der Waals surface area (Å²) in [5.74, 6) is 0.0462. The van der Waals surface area contributed by atoms with E-state index in [1.165, 1.54) is 14.1 Å². The third-order valence-electron chi connectivity index (χ3n) is 3.18. The number of nitrogens with one attached hydrogen (secondary N) is 1. The van der Waals surface area contributed by atoms with E-state index in [-0.39, 0.29) is 18.2 Å². The molecule has 22 heavy (non-hydrogen) atoms. The standard InChI is InChI=1S/C14H26N4O3S/c1-6-18-13(10-12(16-18)9-11(2)3)14(19)15-7-8-22(20,21)17(4)5/h10-11H,6-9H2,1-5H3,(H,15,19). The number of carbonyl (C=O) groups excluding carboxylic acids is 1. The molecule has 0 aliphatic rings. The quantitative estimate of drug-likeness (QED) is 0.761. The Morgan fingerprint density at radius 2 is 2.05 bits per heavy atom. The first-order valence-electron chi connectivity index (χ1n) is 7.42. The van der Waals surface area contributed by atoms with Gasteiger partial charge in [0.05, 0.1) is 11.4 Å². The van der Waals surface area contributed by atoms with Crippen LogP contribution in [0.15, 0.2) is 6.07 Å². The van der Waals surface area contributed by atoms with Crippen LogP contribution in [-0.2, 0) is 23.0 Å². The Kier molecular flexibility index (Phi) is 6.55. The summed E-state index contributed by atoms with van der Waals surface area (Å²) < 4.78 is 26.1. The van der Waals surface area contributed by atoms with Crippen LogP contribution in [0, 0.1) is 5.92 Å². The van der Waals surface area contributed by atoms with Crippen molar-refractivity contribution in [3.63, 3.8) is 0 Å². The summed E-state index contributed by atoms with van der Waals surface area (Å²) in [6.07, 6.45) is 0.808. The van der Waals surface area contributed by atoms with Crippen LogP contribution < -0.4 is 5.32 Å². The molecule has 0 saturated carbocycles.